The Balaban J connectivity index is 1.57. The van der Waals surface area contributed by atoms with Gasteiger partial charge in [0.05, 0.1) is 23.8 Å². The highest BCUT2D eigenvalue weighted by Gasteiger charge is 2.32. The van der Waals surface area contributed by atoms with Crippen molar-refractivity contribution in [3.63, 3.8) is 0 Å². The Morgan fingerprint density at radius 3 is 2.72 bits per heavy atom. The summed E-state index contributed by atoms with van der Waals surface area (Å²) in [5, 5.41) is 4.73. The summed E-state index contributed by atoms with van der Waals surface area (Å²) >= 11 is 9.82. The van der Waals surface area contributed by atoms with Gasteiger partial charge in [0.15, 0.2) is 11.5 Å². The lowest BCUT2D eigenvalue weighted by Crippen LogP contribution is -2.26. The lowest BCUT2D eigenvalue weighted by atomic mass is 10.2. The van der Waals surface area contributed by atoms with Crippen LogP contribution in [-0.2, 0) is 11.4 Å². The number of nitrogens with zero attached hydrogens (tertiary/aromatic N) is 1. The van der Waals surface area contributed by atoms with Crippen molar-refractivity contribution < 1.29 is 14.3 Å². The fourth-order valence-corrected chi connectivity index (χ4v) is 5.84. The van der Waals surface area contributed by atoms with E-state index in [1.54, 1.807) is 13.3 Å². The summed E-state index contributed by atoms with van der Waals surface area (Å²) in [7, 11) is 1.58. The number of carbonyl (C=O) groups excluding carboxylic acids is 1. The number of carbonyl (C=O) groups is 1. The standard InChI is InChI=1S/C21H23ClN2O3S2/c1-21(28-9-10-29-21)12-20(25)24-23-13-15-7-8-18(19(11-15)26-2)27-14-16-5-3-4-6-17(16)22/h3-8,11,13H,9-10,12,14H2,1-2H3,(H,24,25)/b23-13-. The van der Waals surface area contributed by atoms with E-state index >= 15 is 0 Å². The van der Waals surface area contributed by atoms with Crippen LogP contribution in [0.25, 0.3) is 0 Å². The molecule has 154 valence electrons. The lowest BCUT2D eigenvalue weighted by molar-refractivity contribution is -0.121. The highest BCUT2D eigenvalue weighted by molar-refractivity contribution is 8.21. The molecule has 1 heterocycles. The average molecular weight is 451 g/mol. The minimum absolute atomic E-state index is 0.0521. The van der Waals surface area contributed by atoms with Gasteiger partial charge in [-0.05, 0) is 36.8 Å². The maximum Gasteiger partial charge on any atom is 0.242 e. The minimum Gasteiger partial charge on any atom is -0.493 e. The van der Waals surface area contributed by atoms with Gasteiger partial charge in [0.2, 0.25) is 5.91 Å². The van der Waals surface area contributed by atoms with Gasteiger partial charge in [-0.3, -0.25) is 4.79 Å². The SMILES string of the molecule is COc1cc(/C=N\NC(=O)CC2(C)SCCS2)ccc1OCc1ccccc1Cl. The third-order valence-corrected chi connectivity index (χ3v) is 7.97. The predicted molar refractivity (Wildman–Crippen MR) is 122 cm³/mol. The zero-order valence-corrected chi connectivity index (χ0v) is 18.7. The Labute approximate surface area is 184 Å². The number of thioether (sulfide) groups is 2. The van der Waals surface area contributed by atoms with Crippen molar-refractivity contribution in [1.82, 2.24) is 5.43 Å². The van der Waals surface area contributed by atoms with Crippen molar-refractivity contribution >= 4 is 47.2 Å². The van der Waals surface area contributed by atoms with Crippen LogP contribution in [0.1, 0.15) is 24.5 Å². The molecule has 2 aromatic rings. The first-order valence-corrected chi connectivity index (χ1v) is 11.5. The molecular weight excluding hydrogens is 428 g/mol. The zero-order valence-electron chi connectivity index (χ0n) is 16.3. The van der Waals surface area contributed by atoms with E-state index in [1.165, 1.54) is 0 Å². The first kappa shape index (κ1) is 21.9. The van der Waals surface area contributed by atoms with Crippen molar-refractivity contribution in [3.8, 4) is 11.5 Å². The Morgan fingerprint density at radius 1 is 1.24 bits per heavy atom. The van der Waals surface area contributed by atoms with Crippen LogP contribution >= 0.6 is 35.1 Å². The number of rotatable bonds is 8. The smallest absolute Gasteiger partial charge is 0.242 e. The van der Waals surface area contributed by atoms with Crippen molar-refractivity contribution in [2.24, 2.45) is 5.10 Å². The molecule has 0 atom stereocenters. The van der Waals surface area contributed by atoms with E-state index in [2.05, 4.69) is 17.5 Å². The number of hydrazone groups is 1. The number of benzene rings is 2. The van der Waals surface area contributed by atoms with Crippen LogP contribution in [-0.4, -0.2) is 34.8 Å². The molecule has 8 heteroatoms. The summed E-state index contributed by atoms with van der Waals surface area (Å²) in [6.45, 7) is 2.44. The summed E-state index contributed by atoms with van der Waals surface area (Å²) in [6, 6.07) is 13.0. The summed E-state index contributed by atoms with van der Waals surface area (Å²) in [6.07, 6.45) is 2.04. The number of amides is 1. The van der Waals surface area contributed by atoms with Crippen molar-refractivity contribution in [1.29, 1.82) is 0 Å². The number of hydrogen-bond donors (Lipinski definition) is 1. The van der Waals surface area contributed by atoms with Crippen LogP contribution in [0.4, 0.5) is 0 Å². The van der Waals surface area contributed by atoms with Gasteiger partial charge in [0.1, 0.15) is 6.61 Å². The molecule has 0 radical (unpaired) electrons. The van der Waals surface area contributed by atoms with Gasteiger partial charge in [0, 0.05) is 22.1 Å². The first-order chi connectivity index (χ1) is 14.0. The maximum absolute atomic E-state index is 12.1. The Kier molecular flexibility index (Phi) is 7.75. The van der Waals surface area contributed by atoms with Gasteiger partial charge >= 0.3 is 0 Å². The fourth-order valence-electron chi connectivity index (χ4n) is 2.82. The van der Waals surface area contributed by atoms with Gasteiger partial charge in [0.25, 0.3) is 0 Å². The second-order valence-corrected chi connectivity index (χ2v) is 10.5. The van der Waals surface area contributed by atoms with E-state index in [4.69, 9.17) is 21.1 Å². The molecule has 0 aromatic heterocycles. The molecule has 1 aliphatic heterocycles. The average Bonchev–Trinajstić information content (AvgIpc) is 3.13. The maximum atomic E-state index is 12.1. The Bertz CT molecular complexity index is 886. The monoisotopic (exact) mass is 450 g/mol. The Hall–Kier alpha value is -1.83. The second kappa shape index (κ2) is 10.3. The lowest BCUT2D eigenvalue weighted by Gasteiger charge is -2.19. The van der Waals surface area contributed by atoms with Gasteiger partial charge in [-0.1, -0.05) is 29.8 Å². The number of methoxy groups -OCH3 is 1. The van der Waals surface area contributed by atoms with Gasteiger partial charge in [-0.15, -0.1) is 23.5 Å². The van der Waals surface area contributed by atoms with Crippen LogP contribution in [0.3, 0.4) is 0 Å². The molecule has 0 spiro atoms. The highest BCUT2D eigenvalue weighted by Crippen LogP contribution is 2.45. The minimum atomic E-state index is -0.0858. The molecule has 1 aliphatic rings. The quantitative estimate of drug-likeness (QED) is 0.454. The molecule has 1 amide bonds. The van der Waals surface area contributed by atoms with E-state index in [9.17, 15) is 4.79 Å². The molecule has 1 saturated heterocycles. The van der Waals surface area contributed by atoms with Crippen LogP contribution in [0.2, 0.25) is 5.02 Å². The molecule has 0 bridgehead atoms. The predicted octanol–water partition coefficient (Wildman–Crippen LogP) is 4.96. The molecule has 1 N–H and O–H groups in total. The van der Waals surface area contributed by atoms with Crippen molar-refractivity contribution in [3.05, 3.63) is 58.6 Å². The molecular formula is C21H23ClN2O3S2. The van der Waals surface area contributed by atoms with E-state index in [0.717, 1.165) is 22.6 Å². The fraction of sp³-hybridized carbons (Fsp3) is 0.333. The first-order valence-electron chi connectivity index (χ1n) is 9.13. The number of halogens is 1. The third-order valence-electron chi connectivity index (χ3n) is 4.31. The normalized spacial score (nSPS) is 15.4. The molecule has 2 aromatic carbocycles. The number of hydrogen-bond acceptors (Lipinski definition) is 6. The number of ether oxygens (including phenoxy) is 2. The molecule has 0 saturated carbocycles. The van der Waals surface area contributed by atoms with Gasteiger partial charge in [-0.25, -0.2) is 5.43 Å². The summed E-state index contributed by atoms with van der Waals surface area (Å²) in [5.41, 5.74) is 4.30. The highest BCUT2D eigenvalue weighted by atomic mass is 35.5. The van der Waals surface area contributed by atoms with Crippen LogP contribution in [0.5, 0.6) is 11.5 Å². The van der Waals surface area contributed by atoms with Crippen molar-refractivity contribution in [2.45, 2.75) is 24.0 Å². The van der Waals surface area contributed by atoms with Crippen LogP contribution in [0, 0.1) is 0 Å². The van der Waals surface area contributed by atoms with Gasteiger partial charge in [-0.2, -0.15) is 5.10 Å². The third kappa shape index (κ3) is 6.32. The van der Waals surface area contributed by atoms with Crippen molar-refractivity contribution in [2.75, 3.05) is 18.6 Å². The molecule has 1 fully saturated rings. The summed E-state index contributed by atoms with van der Waals surface area (Å²) < 4.78 is 11.2. The summed E-state index contributed by atoms with van der Waals surface area (Å²) in [4.78, 5) is 12.1. The van der Waals surface area contributed by atoms with E-state index in [0.29, 0.717) is 29.5 Å². The van der Waals surface area contributed by atoms with Crippen LogP contribution in [0.15, 0.2) is 47.6 Å². The van der Waals surface area contributed by atoms with E-state index in [-0.39, 0.29) is 9.99 Å². The van der Waals surface area contributed by atoms with E-state index in [1.807, 2.05) is 66.0 Å². The molecule has 29 heavy (non-hydrogen) atoms. The number of nitrogens with one attached hydrogen (secondary N) is 1. The molecule has 0 unspecified atom stereocenters. The Morgan fingerprint density at radius 2 is 2.00 bits per heavy atom. The molecule has 0 aliphatic carbocycles. The zero-order chi connectivity index (χ0) is 20.7. The molecule has 5 nitrogen and oxygen atoms in total. The van der Waals surface area contributed by atoms with Crippen LogP contribution < -0.4 is 14.9 Å². The second-order valence-electron chi connectivity index (χ2n) is 6.59. The largest absolute Gasteiger partial charge is 0.493 e. The molecule has 3 rings (SSSR count). The topological polar surface area (TPSA) is 59.9 Å². The van der Waals surface area contributed by atoms with Gasteiger partial charge < -0.3 is 9.47 Å². The van der Waals surface area contributed by atoms with E-state index < -0.39 is 0 Å². The summed E-state index contributed by atoms with van der Waals surface area (Å²) in [5.74, 6) is 3.28.